The van der Waals surface area contributed by atoms with Crippen molar-refractivity contribution in [3.63, 3.8) is 0 Å². The smallest absolute Gasteiger partial charge is 0.119 e. The van der Waals surface area contributed by atoms with Crippen molar-refractivity contribution in [2.45, 2.75) is 53.5 Å². The summed E-state index contributed by atoms with van der Waals surface area (Å²) in [4.78, 5) is 0. The van der Waals surface area contributed by atoms with Gasteiger partial charge in [-0.2, -0.15) is 0 Å². The molecule has 1 atom stereocenters. The summed E-state index contributed by atoms with van der Waals surface area (Å²) in [6.45, 7) is 13.2. The molecule has 1 aliphatic carbocycles. The van der Waals surface area contributed by atoms with Crippen LogP contribution < -0.4 is 10.1 Å². The number of benzene rings is 1. The maximum atomic E-state index is 5.74. The third kappa shape index (κ3) is 4.47. The average molecular weight is 289 g/mol. The second-order valence-electron chi connectivity index (χ2n) is 7.39. The lowest BCUT2D eigenvalue weighted by Crippen LogP contribution is -2.29. The van der Waals surface area contributed by atoms with Gasteiger partial charge in [0.25, 0.3) is 0 Å². The van der Waals surface area contributed by atoms with E-state index >= 15 is 0 Å². The van der Waals surface area contributed by atoms with E-state index < -0.39 is 0 Å². The molecule has 1 fully saturated rings. The zero-order valence-corrected chi connectivity index (χ0v) is 14.3. The fourth-order valence-corrected chi connectivity index (χ4v) is 2.71. The van der Waals surface area contributed by atoms with Crippen molar-refractivity contribution in [2.24, 2.45) is 17.3 Å². The zero-order chi connectivity index (χ0) is 15.5. The van der Waals surface area contributed by atoms with Gasteiger partial charge in [0, 0.05) is 12.6 Å². The molecule has 2 rings (SSSR count). The molecule has 1 saturated carbocycles. The Morgan fingerprint density at radius 3 is 2.14 bits per heavy atom. The lowest BCUT2D eigenvalue weighted by atomic mass is 9.92. The molecule has 118 valence electrons. The van der Waals surface area contributed by atoms with Gasteiger partial charge in [0.15, 0.2) is 0 Å². The predicted octanol–water partition coefficient (Wildman–Crippen LogP) is 4.81. The molecule has 0 bridgehead atoms. The van der Waals surface area contributed by atoms with E-state index in [1.54, 1.807) is 0 Å². The molecule has 0 radical (unpaired) electrons. The van der Waals surface area contributed by atoms with Gasteiger partial charge >= 0.3 is 0 Å². The Morgan fingerprint density at radius 1 is 1.05 bits per heavy atom. The third-order valence-corrected chi connectivity index (χ3v) is 4.84. The summed E-state index contributed by atoms with van der Waals surface area (Å²) in [5.41, 5.74) is 1.90. The van der Waals surface area contributed by atoms with E-state index in [0.717, 1.165) is 24.8 Å². The molecule has 0 spiro atoms. The van der Waals surface area contributed by atoms with E-state index in [2.05, 4.69) is 64.2 Å². The lowest BCUT2D eigenvalue weighted by molar-refractivity contribution is 0.271. The molecular formula is C19H31NO. The number of hydrogen-bond donors (Lipinski definition) is 1. The molecular weight excluding hydrogens is 258 g/mol. The van der Waals surface area contributed by atoms with Gasteiger partial charge in [-0.15, -0.1) is 0 Å². The van der Waals surface area contributed by atoms with Crippen molar-refractivity contribution < 1.29 is 4.74 Å². The highest BCUT2D eigenvalue weighted by molar-refractivity contribution is 5.29. The van der Waals surface area contributed by atoms with Crippen molar-refractivity contribution in [3.8, 4) is 5.75 Å². The Kier molecular flexibility index (Phi) is 5.32. The van der Waals surface area contributed by atoms with Crippen LogP contribution >= 0.6 is 0 Å². The molecule has 0 heterocycles. The Bertz CT molecular complexity index is 431. The number of hydrogen-bond acceptors (Lipinski definition) is 2. The number of ether oxygens (including phenoxy) is 1. The molecule has 1 N–H and O–H groups in total. The van der Waals surface area contributed by atoms with Crippen LogP contribution in [-0.4, -0.2) is 13.2 Å². The van der Waals surface area contributed by atoms with Crippen molar-refractivity contribution in [1.29, 1.82) is 0 Å². The van der Waals surface area contributed by atoms with Crippen molar-refractivity contribution >= 4 is 0 Å². The highest BCUT2D eigenvalue weighted by Crippen LogP contribution is 2.51. The van der Waals surface area contributed by atoms with Crippen LogP contribution in [0.2, 0.25) is 0 Å². The Hall–Kier alpha value is -1.02. The summed E-state index contributed by atoms with van der Waals surface area (Å²) in [5.74, 6) is 2.32. The predicted molar refractivity (Wildman–Crippen MR) is 89.7 cm³/mol. The van der Waals surface area contributed by atoms with Crippen LogP contribution in [0.5, 0.6) is 5.75 Å². The summed E-state index contributed by atoms with van der Waals surface area (Å²) in [6, 6.07) is 8.95. The second kappa shape index (κ2) is 6.83. The van der Waals surface area contributed by atoms with Gasteiger partial charge < -0.3 is 10.1 Å². The average Bonchev–Trinajstić information content (AvgIpc) is 3.24. The van der Waals surface area contributed by atoms with Crippen molar-refractivity contribution in [2.75, 3.05) is 13.2 Å². The molecule has 21 heavy (non-hydrogen) atoms. The summed E-state index contributed by atoms with van der Waals surface area (Å²) >= 11 is 0. The van der Waals surface area contributed by atoms with Crippen molar-refractivity contribution in [3.05, 3.63) is 29.8 Å². The first-order valence-corrected chi connectivity index (χ1v) is 8.39. The molecule has 1 aromatic carbocycles. The Balaban J connectivity index is 1.84. The molecule has 1 aromatic rings. The first-order chi connectivity index (χ1) is 9.93. The summed E-state index contributed by atoms with van der Waals surface area (Å²) in [7, 11) is 0. The zero-order valence-electron chi connectivity index (χ0n) is 14.3. The fourth-order valence-electron chi connectivity index (χ4n) is 2.71. The van der Waals surface area contributed by atoms with Gasteiger partial charge in [-0.3, -0.25) is 0 Å². The van der Waals surface area contributed by atoms with E-state index in [1.165, 1.54) is 18.4 Å². The summed E-state index contributed by atoms with van der Waals surface area (Å²) in [5, 5.41) is 3.71. The van der Waals surface area contributed by atoms with Crippen LogP contribution in [0.1, 0.15) is 59.1 Å². The van der Waals surface area contributed by atoms with E-state index in [0.29, 0.717) is 17.4 Å². The van der Waals surface area contributed by atoms with Crippen LogP contribution in [0.4, 0.5) is 0 Å². The molecule has 0 aromatic heterocycles. The van der Waals surface area contributed by atoms with E-state index in [1.807, 2.05) is 0 Å². The SMILES string of the molecule is CC(C)COc1ccc(C(C)NCC2(C(C)C)CC2)cc1. The third-order valence-electron chi connectivity index (χ3n) is 4.84. The van der Waals surface area contributed by atoms with Gasteiger partial charge in [0.1, 0.15) is 5.75 Å². The normalized spacial score (nSPS) is 18.0. The van der Waals surface area contributed by atoms with Crippen LogP contribution in [-0.2, 0) is 0 Å². The Morgan fingerprint density at radius 2 is 1.67 bits per heavy atom. The molecule has 2 nitrogen and oxygen atoms in total. The first kappa shape index (κ1) is 16.4. The van der Waals surface area contributed by atoms with Crippen molar-refractivity contribution in [1.82, 2.24) is 5.32 Å². The standard InChI is InChI=1S/C19H31NO/c1-14(2)12-21-18-8-6-17(7-9-18)16(5)20-13-19(10-11-19)15(3)4/h6-9,14-16,20H,10-13H2,1-5H3. The molecule has 2 heteroatoms. The van der Waals surface area contributed by atoms with Gasteiger partial charge in [0.2, 0.25) is 0 Å². The molecule has 0 saturated heterocycles. The van der Waals surface area contributed by atoms with Gasteiger partial charge in [-0.05, 0) is 54.7 Å². The fraction of sp³-hybridized carbons (Fsp3) is 0.684. The Labute approximate surface area is 130 Å². The minimum Gasteiger partial charge on any atom is -0.493 e. The quantitative estimate of drug-likeness (QED) is 0.741. The summed E-state index contributed by atoms with van der Waals surface area (Å²) in [6.07, 6.45) is 2.76. The molecule has 1 unspecified atom stereocenters. The second-order valence-corrected chi connectivity index (χ2v) is 7.39. The van der Waals surface area contributed by atoms with E-state index in [4.69, 9.17) is 4.74 Å². The monoisotopic (exact) mass is 289 g/mol. The van der Waals surface area contributed by atoms with Crippen LogP contribution in [0.3, 0.4) is 0 Å². The number of rotatable bonds is 8. The van der Waals surface area contributed by atoms with Gasteiger partial charge in [-0.25, -0.2) is 0 Å². The minimum absolute atomic E-state index is 0.403. The molecule has 0 amide bonds. The largest absolute Gasteiger partial charge is 0.493 e. The highest BCUT2D eigenvalue weighted by atomic mass is 16.5. The molecule has 1 aliphatic rings. The molecule has 0 aliphatic heterocycles. The maximum absolute atomic E-state index is 5.74. The van der Waals surface area contributed by atoms with E-state index in [9.17, 15) is 0 Å². The highest BCUT2D eigenvalue weighted by Gasteiger charge is 2.44. The lowest BCUT2D eigenvalue weighted by Gasteiger charge is -2.23. The maximum Gasteiger partial charge on any atom is 0.119 e. The summed E-state index contributed by atoms with van der Waals surface area (Å²) < 4.78 is 5.74. The van der Waals surface area contributed by atoms with Crippen LogP contribution in [0, 0.1) is 17.3 Å². The van der Waals surface area contributed by atoms with Gasteiger partial charge in [-0.1, -0.05) is 39.8 Å². The van der Waals surface area contributed by atoms with Crippen LogP contribution in [0.15, 0.2) is 24.3 Å². The van der Waals surface area contributed by atoms with Gasteiger partial charge in [0.05, 0.1) is 6.61 Å². The first-order valence-electron chi connectivity index (χ1n) is 8.39. The van der Waals surface area contributed by atoms with E-state index in [-0.39, 0.29) is 0 Å². The topological polar surface area (TPSA) is 21.3 Å². The minimum atomic E-state index is 0.403. The van der Waals surface area contributed by atoms with Crippen LogP contribution in [0.25, 0.3) is 0 Å². The number of nitrogens with one attached hydrogen (secondary N) is 1.